The minimum atomic E-state index is -0.475. The van der Waals surface area contributed by atoms with Crippen LogP contribution in [0.3, 0.4) is 0 Å². The molecule has 0 radical (unpaired) electrons. The summed E-state index contributed by atoms with van der Waals surface area (Å²) in [4.78, 5) is 26.2. The van der Waals surface area contributed by atoms with Gasteiger partial charge in [-0.15, -0.1) is 0 Å². The van der Waals surface area contributed by atoms with Crippen molar-refractivity contribution in [2.75, 3.05) is 0 Å². The lowest BCUT2D eigenvalue weighted by atomic mass is 10.1. The van der Waals surface area contributed by atoms with Crippen LogP contribution in [0.15, 0.2) is 48.5 Å². The Balaban J connectivity index is 1.69. The van der Waals surface area contributed by atoms with Crippen molar-refractivity contribution >= 4 is 34.3 Å². The topological polar surface area (TPSA) is 88.0 Å². The van der Waals surface area contributed by atoms with Gasteiger partial charge in [-0.2, -0.15) is 0 Å². The Kier molecular flexibility index (Phi) is 4.04. The summed E-state index contributed by atoms with van der Waals surface area (Å²) in [5.74, 6) is -0.686. The van der Waals surface area contributed by atoms with Gasteiger partial charge < -0.3 is 16.0 Å². The van der Waals surface area contributed by atoms with E-state index in [2.05, 4.69) is 10.3 Å². The zero-order chi connectivity index (χ0) is 16.4. The van der Waals surface area contributed by atoms with Crippen LogP contribution in [0.25, 0.3) is 10.9 Å². The van der Waals surface area contributed by atoms with Gasteiger partial charge in [0.05, 0.1) is 0 Å². The number of benzene rings is 2. The Morgan fingerprint density at radius 3 is 2.52 bits per heavy atom. The van der Waals surface area contributed by atoms with Crippen molar-refractivity contribution in [2.24, 2.45) is 5.73 Å². The standard InChI is InChI=1S/C17H14ClN3O2/c18-13-6-5-12-7-15(21-14(12)8-13)17(23)20-9-10-1-3-11(4-2-10)16(19)22/h1-8,21H,9H2,(H2,19,22)(H,20,23). The molecule has 0 saturated carbocycles. The van der Waals surface area contributed by atoms with Gasteiger partial charge in [-0.05, 0) is 35.9 Å². The monoisotopic (exact) mass is 327 g/mol. The minimum absolute atomic E-state index is 0.212. The summed E-state index contributed by atoms with van der Waals surface area (Å²) in [5, 5.41) is 4.35. The molecule has 3 aromatic rings. The summed E-state index contributed by atoms with van der Waals surface area (Å²) < 4.78 is 0. The van der Waals surface area contributed by atoms with Gasteiger partial charge in [-0.25, -0.2) is 0 Å². The quantitative estimate of drug-likeness (QED) is 0.688. The predicted molar refractivity (Wildman–Crippen MR) is 89.4 cm³/mol. The lowest BCUT2D eigenvalue weighted by Gasteiger charge is -2.04. The number of aromatic amines is 1. The lowest BCUT2D eigenvalue weighted by Crippen LogP contribution is -2.23. The molecule has 0 fully saturated rings. The van der Waals surface area contributed by atoms with E-state index in [9.17, 15) is 9.59 Å². The first-order valence-corrected chi connectivity index (χ1v) is 7.36. The van der Waals surface area contributed by atoms with Crippen molar-refractivity contribution in [3.05, 3.63) is 70.4 Å². The highest BCUT2D eigenvalue weighted by Crippen LogP contribution is 2.19. The number of carbonyl (C=O) groups is 2. The van der Waals surface area contributed by atoms with Crippen molar-refractivity contribution < 1.29 is 9.59 Å². The van der Waals surface area contributed by atoms with Gasteiger partial charge in [-0.1, -0.05) is 29.8 Å². The van der Waals surface area contributed by atoms with Crippen molar-refractivity contribution in [3.63, 3.8) is 0 Å². The lowest BCUT2D eigenvalue weighted by molar-refractivity contribution is 0.0945. The van der Waals surface area contributed by atoms with Gasteiger partial charge in [0.25, 0.3) is 5.91 Å². The molecule has 0 atom stereocenters. The van der Waals surface area contributed by atoms with E-state index in [0.29, 0.717) is 22.8 Å². The fourth-order valence-corrected chi connectivity index (χ4v) is 2.46. The number of fused-ring (bicyclic) bond motifs is 1. The summed E-state index contributed by atoms with van der Waals surface area (Å²) in [7, 11) is 0. The zero-order valence-corrected chi connectivity index (χ0v) is 12.9. The molecule has 0 aliphatic carbocycles. The van der Waals surface area contributed by atoms with Crippen LogP contribution >= 0.6 is 11.6 Å². The summed E-state index contributed by atoms with van der Waals surface area (Å²) in [5.41, 5.74) is 7.78. The van der Waals surface area contributed by atoms with E-state index >= 15 is 0 Å². The molecule has 4 N–H and O–H groups in total. The predicted octanol–water partition coefficient (Wildman–Crippen LogP) is 2.85. The molecule has 5 nitrogen and oxygen atoms in total. The van der Waals surface area contributed by atoms with E-state index in [1.807, 2.05) is 6.07 Å². The number of halogens is 1. The SMILES string of the molecule is NC(=O)c1ccc(CNC(=O)c2cc3ccc(Cl)cc3[nH]2)cc1. The molecule has 0 spiro atoms. The highest BCUT2D eigenvalue weighted by molar-refractivity contribution is 6.31. The molecule has 1 aromatic heterocycles. The van der Waals surface area contributed by atoms with E-state index in [4.69, 9.17) is 17.3 Å². The van der Waals surface area contributed by atoms with Gasteiger partial charge in [0.2, 0.25) is 5.91 Å². The number of hydrogen-bond donors (Lipinski definition) is 3. The second kappa shape index (κ2) is 6.14. The Morgan fingerprint density at radius 1 is 1.09 bits per heavy atom. The Labute approximate surface area is 137 Å². The highest BCUT2D eigenvalue weighted by atomic mass is 35.5. The van der Waals surface area contributed by atoms with Crippen molar-refractivity contribution in [2.45, 2.75) is 6.54 Å². The number of H-pyrrole nitrogens is 1. The summed E-state index contributed by atoms with van der Waals surface area (Å²) >= 11 is 5.93. The summed E-state index contributed by atoms with van der Waals surface area (Å²) in [6, 6.07) is 14.0. The maximum absolute atomic E-state index is 12.2. The number of rotatable bonds is 4. The molecule has 0 bridgehead atoms. The summed E-state index contributed by atoms with van der Waals surface area (Å²) in [6.45, 7) is 0.355. The van der Waals surface area contributed by atoms with Crippen LogP contribution in [0.1, 0.15) is 26.4 Å². The Morgan fingerprint density at radius 2 is 1.83 bits per heavy atom. The van der Waals surface area contributed by atoms with E-state index in [1.165, 1.54) is 0 Å². The van der Waals surface area contributed by atoms with Crippen molar-refractivity contribution in [1.29, 1.82) is 0 Å². The van der Waals surface area contributed by atoms with E-state index in [0.717, 1.165) is 16.5 Å². The van der Waals surface area contributed by atoms with Gasteiger partial charge in [0, 0.05) is 28.0 Å². The van der Waals surface area contributed by atoms with Crippen LogP contribution in [0.2, 0.25) is 5.02 Å². The zero-order valence-electron chi connectivity index (χ0n) is 12.1. The molecule has 2 amide bonds. The molecule has 6 heteroatoms. The first kappa shape index (κ1) is 15.1. The van der Waals surface area contributed by atoms with E-state index < -0.39 is 5.91 Å². The molecular weight excluding hydrogens is 314 g/mol. The maximum atomic E-state index is 12.2. The largest absolute Gasteiger partial charge is 0.366 e. The summed E-state index contributed by atoms with van der Waals surface area (Å²) in [6.07, 6.45) is 0. The van der Waals surface area contributed by atoms with Gasteiger partial charge >= 0.3 is 0 Å². The second-order valence-corrected chi connectivity index (χ2v) is 5.59. The van der Waals surface area contributed by atoms with E-state index in [-0.39, 0.29) is 5.91 Å². The Bertz CT molecular complexity index is 884. The Hall–Kier alpha value is -2.79. The molecular formula is C17H14ClN3O2. The molecule has 23 heavy (non-hydrogen) atoms. The third-order valence-electron chi connectivity index (χ3n) is 3.52. The number of carbonyl (C=O) groups excluding carboxylic acids is 2. The van der Waals surface area contributed by atoms with Crippen LogP contribution in [-0.4, -0.2) is 16.8 Å². The third kappa shape index (κ3) is 3.35. The van der Waals surface area contributed by atoms with E-state index in [1.54, 1.807) is 42.5 Å². The van der Waals surface area contributed by atoms with Crippen LogP contribution in [0, 0.1) is 0 Å². The van der Waals surface area contributed by atoms with Crippen LogP contribution in [-0.2, 0) is 6.54 Å². The van der Waals surface area contributed by atoms with Crippen molar-refractivity contribution in [3.8, 4) is 0 Å². The minimum Gasteiger partial charge on any atom is -0.366 e. The van der Waals surface area contributed by atoms with Gasteiger partial charge in [0.15, 0.2) is 0 Å². The molecule has 3 rings (SSSR count). The number of amides is 2. The molecule has 0 saturated heterocycles. The fraction of sp³-hybridized carbons (Fsp3) is 0.0588. The van der Waals surface area contributed by atoms with Gasteiger partial charge in [0.1, 0.15) is 5.69 Å². The molecule has 2 aromatic carbocycles. The number of aromatic nitrogens is 1. The molecule has 116 valence electrons. The van der Waals surface area contributed by atoms with Crippen LogP contribution in [0.5, 0.6) is 0 Å². The molecule has 0 aliphatic heterocycles. The normalized spacial score (nSPS) is 10.7. The van der Waals surface area contributed by atoms with Crippen LogP contribution < -0.4 is 11.1 Å². The molecule has 0 unspecified atom stereocenters. The average Bonchev–Trinajstić information content (AvgIpc) is 2.96. The number of nitrogens with two attached hydrogens (primary N) is 1. The number of primary amides is 1. The average molecular weight is 328 g/mol. The first-order chi connectivity index (χ1) is 11.0. The maximum Gasteiger partial charge on any atom is 0.267 e. The number of hydrogen-bond acceptors (Lipinski definition) is 2. The number of nitrogens with one attached hydrogen (secondary N) is 2. The molecule has 0 aliphatic rings. The van der Waals surface area contributed by atoms with Crippen LogP contribution in [0.4, 0.5) is 0 Å². The second-order valence-electron chi connectivity index (χ2n) is 5.16. The fourth-order valence-electron chi connectivity index (χ4n) is 2.29. The smallest absolute Gasteiger partial charge is 0.267 e. The van der Waals surface area contributed by atoms with Crippen molar-refractivity contribution in [1.82, 2.24) is 10.3 Å². The molecule has 1 heterocycles. The van der Waals surface area contributed by atoms with Gasteiger partial charge in [-0.3, -0.25) is 9.59 Å². The third-order valence-corrected chi connectivity index (χ3v) is 3.76. The highest BCUT2D eigenvalue weighted by Gasteiger charge is 2.09. The first-order valence-electron chi connectivity index (χ1n) is 6.98.